The molecule has 0 atom stereocenters. The van der Waals surface area contributed by atoms with Gasteiger partial charge in [0.25, 0.3) is 0 Å². The van der Waals surface area contributed by atoms with E-state index in [4.69, 9.17) is 14.6 Å². The monoisotopic (exact) mass is 322 g/mol. The standard InChI is InChI=1S/C15H15BrO3/c1-18-14-7-6-11(9-17)8-15(14)19-10-12-4-2-3-5-13(12)16/h2-8,17H,9-10H2,1H3. The molecule has 0 saturated heterocycles. The van der Waals surface area contributed by atoms with Gasteiger partial charge in [0.05, 0.1) is 13.7 Å². The summed E-state index contributed by atoms with van der Waals surface area (Å²) < 4.78 is 12.0. The number of hydrogen-bond acceptors (Lipinski definition) is 3. The molecule has 0 heterocycles. The first-order valence-corrected chi connectivity index (χ1v) is 6.68. The maximum Gasteiger partial charge on any atom is 0.162 e. The van der Waals surface area contributed by atoms with Crippen LogP contribution in [0.25, 0.3) is 0 Å². The van der Waals surface area contributed by atoms with E-state index in [1.807, 2.05) is 30.3 Å². The van der Waals surface area contributed by atoms with E-state index in [0.29, 0.717) is 18.1 Å². The van der Waals surface area contributed by atoms with Gasteiger partial charge in [-0.3, -0.25) is 0 Å². The molecule has 1 N–H and O–H groups in total. The Hall–Kier alpha value is -1.52. The molecule has 0 spiro atoms. The zero-order valence-corrected chi connectivity index (χ0v) is 12.2. The van der Waals surface area contributed by atoms with Crippen LogP contribution in [0.2, 0.25) is 0 Å². The zero-order chi connectivity index (χ0) is 13.7. The molecule has 0 unspecified atom stereocenters. The van der Waals surface area contributed by atoms with Gasteiger partial charge in [0.15, 0.2) is 11.5 Å². The SMILES string of the molecule is COc1ccc(CO)cc1OCc1ccccc1Br. The molecule has 0 aliphatic rings. The Morgan fingerprint density at radius 3 is 2.58 bits per heavy atom. The fourth-order valence-corrected chi connectivity index (χ4v) is 2.10. The maximum atomic E-state index is 9.15. The Labute approximate surface area is 120 Å². The summed E-state index contributed by atoms with van der Waals surface area (Å²) in [6.07, 6.45) is 0. The van der Waals surface area contributed by atoms with Crippen molar-refractivity contribution in [2.75, 3.05) is 7.11 Å². The van der Waals surface area contributed by atoms with Gasteiger partial charge in [-0.1, -0.05) is 40.2 Å². The molecule has 0 radical (unpaired) electrons. The fourth-order valence-electron chi connectivity index (χ4n) is 1.70. The second kappa shape index (κ2) is 6.59. The third-order valence-corrected chi connectivity index (χ3v) is 3.53. The summed E-state index contributed by atoms with van der Waals surface area (Å²) in [5.41, 5.74) is 1.85. The highest BCUT2D eigenvalue weighted by Gasteiger charge is 2.07. The van der Waals surface area contributed by atoms with Gasteiger partial charge in [-0.25, -0.2) is 0 Å². The minimum absolute atomic E-state index is 0.0185. The van der Waals surface area contributed by atoms with Gasteiger partial charge in [0.2, 0.25) is 0 Å². The molecule has 2 rings (SSSR count). The summed E-state index contributed by atoms with van der Waals surface area (Å²) >= 11 is 3.48. The van der Waals surface area contributed by atoms with Crippen LogP contribution in [0.4, 0.5) is 0 Å². The normalized spacial score (nSPS) is 10.3. The number of methoxy groups -OCH3 is 1. The summed E-state index contributed by atoms with van der Waals surface area (Å²) in [5, 5.41) is 9.15. The van der Waals surface area contributed by atoms with E-state index >= 15 is 0 Å². The lowest BCUT2D eigenvalue weighted by molar-refractivity contribution is 0.271. The minimum atomic E-state index is -0.0185. The second-order valence-electron chi connectivity index (χ2n) is 4.02. The molecular weight excluding hydrogens is 308 g/mol. The maximum absolute atomic E-state index is 9.15. The average Bonchev–Trinajstić information content (AvgIpc) is 2.46. The Bertz CT molecular complexity index is 555. The predicted octanol–water partition coefficient (Wildman–Crippen LogP) is 3.53. The minimum Gasteiger partial charge on any atom is -0.493 e. The molecular formula is C15H15BrO3. The molecule has 2 aromatic rings. The summed E-state index contributed by atoms with van der Waals surface area (Å²) in [6, 6.07) is 13.3. The third kappa shape index (κ3) is 3.49. The Balaban J connectivity index is 2.16. The molecule has 19 heavy (non-hydrogen) atoms. The summed E-state index contributed by atoms with van der Waals surface area (Å²) in [7, 11) is 1.60. The quantitative estimate of drug-likeness (QED) is 0.915. The van der Waals surface area contributed by atoms with Crippen LogP contribution in [0.3, 0.4) is 0 Å². The summed E-state index contributed by atoms with van der Waals surface area (Å²) in [6.45, 7) is 0.419. The van der Waals surface area contributed by atoms with Crippen LogP contribution in [-0.2, 0) is 13.2 Å². The van der Waals surface area contributed by atoms with Gasteiger partial charge >= 0.3 is 0 Å². The van der Waals surface area contributed by atoms with E-state index in [-0.39, 0.29) is 6.61 Å². The number of hydrogen-bond donors (Lipinski definition) is 1. The summed E-state index contributed by atoms with van der Waals surface area (Å²) in [4.78, 5) is 0. The highest BCUT2D eigenvalue weighted by atomic mass is 79.9. The topological polar surface area (TPSA) is 38.7 Å². The van der Waals surface area contributed by atoms with Crippen LogP contribution in [-0.4, -0.2) is 12.2 Å². The molecule has 0 aliphatic heterocycles. The summed E-state index contributed by atoms with van der Waals surface area (Å²) in [5.74, 6) is 1.29. The number of ether oxygens (including phenoxy) is 2. The van der Waals surface area contributed by atoms with Crippen LogP contribution < -0.4 is 9.47 Å². The number of benzene rings is 2. The van der Waals surface area contributed by atoms with E-state index in [2.05, 4.69) is 15.9 Å². The fraction of sp³-hybridized carbons (Fsp3) is 0.200. The molecule has 0 saturated carbocycles. The highest BCUT2D eigenvalue weighted by Crippen LogP contribution is 2.29. The molecule has 2 aromatic carbocycles. The largest absolute Gasteiger partial charge is 0.493 e. The lowest BCUT2D eigenvalue weighted by Gasteiger charge is -2.12. The van der Waals surface area contributed by atoms with E-state index in [9.17, 15) is 0 Å². The molecule has 4 heteroatoms. The van der Waals surface area contributed by atoms with Crippen LogP contribution in [0.1, 0.15) is 11.1 Å². The first-order valence-electron chi connectivity index (χ1n) is 5.88. The van der Waals surface area contributed by atoms with Gasteiger partial charge in [-0.15, -0.1) is 0 Å². The van der Waals surface area contributed by atoms with Crippen molar-refractivity contribution < 1.29 is 14.6 Å². The van der Waals surface area contributed by atoms with Crippen molar-refractivity contribution in [1.29, 1.82) is 0 Å². The van der Waals surface area contributed by atoms with Crippen molar-refractivity contribution in [3.63, 3.8) is 0 Å². The van der Waals surface area contributed by atoms with E-state index < -0.39 is 0 Å². The molecule has 0 aliphatic carbocycles. The van der Waals surface area contributed by atoms with Gasteiger partial charge in [-0.2, -0.15) is 0 Å². The first-order chi connectivity index (χ1) is 9.24. The van der Waals surface area contributed by atoms with E-state index in [1.54, 1.807) is 19.2 Å². The van der Waals surface area contributed by atoms with Gasteiger partial charge < -0.3 is 14.6 Å². The van der Waals surface area contributed by atoms with Gasteiger partial charge in [-0.05, 0) is 23.8 Å². The lowest BCUT2D eigenvalue weighted by atomic mass is 10.2. The van der Waals surface area contributed by atoms with Crippen molar-refractivity contribution in [2.45, 2.75) is 13.2 Å². The van der Waals surface area contributed by atoms with Crippen molar-refractivity contribution in [3.05, 3.63) is 58.1 Å². The van der Waals surface area contributed by atoms with Crippen LogP contribution in [0.5, 0.6) is 11.5 Å². The Kier molecular flexibility index (Phi) is 4.82. The van der Waals surface area contributed by atoms with Crippen molar-refractivity contribution in [2.24, 2.45) is 0 Å². The lowest BCUT2D eigenvalue weighted by Crippen LogP contribution is -1.99. The first kappa shape index (κ1) is 13.9. The predicted molar refractivity (Wildman–Crippen MR) is 77.4 cm³/mol. The van der Waals surface area contributed by atoms with Crippen molar-refractivity contribution in [1.82, 2.24) is 0 Å². The smallest absolute Gasteiger partial charge is 0.162 e. The van der Waals surface area contributed by atoms with Gasteiger partial charge in [0.1, 0.15) is 6.61 Å². The number of aliphatic hydroxyl groups is 1. The number of rotatable bonds is 5. The number of halogens is 1. The molecule has 100 valence electrons. The number of aliphatic hydroxyl groups excluding tert-OH is 1. The van der Waals surface area contributed by atoms with Crippen molar-refractivity contribution >= 4 is 15.9 Å². The molecule has 0 fully saturated rings. The van der Waals surface area contributed by atoms with E-state index in [1.165, 1.54) is 0 Å². The average molecular weight is 323 g/mol. The van der Waals surface area contributed by atoms with Crippen LogP contribution in [0, 0.1) is 0 Å². The molecule has 0 amide bonds. The van der Waals surface area contributed by atoms with Crippen molar-refractivity contribution in [3.8, 4) is 11.5 Å². The van der Waals surface area contributed by atoms with Crippen LogP contribution >= 0.6 is 15.9 Å². The van der Waals surface area contributed by atoms with Crippen LogP contribution in [0.15, 0.2) is 46.9 Å². The van der Waals surface area contributed by atoms with Gasteiger partial charge in [0, 0.05) is 10.0 Å². The molecule has 0 aromatic heterocycles. The highest BCUT2D eigenvalue weighted by molar-refractivity contribution is 9.10. The molecule has 0 bridgehead atoms. The zero-order valence-electron chi connectivity index (χ0n) is 10.6. The van der Waals surface area contributed by atoms with E-state index in [0.717, 1.165) is 15.6 Å². The third-order valence-electron chi connectivity index (χ3n) is 2.75. The Morgan fingerprint density at radius 1 is 1.11 bits per heavy atom. The Morgan fingerprint density at radius 2 is 1.89 bits per heavy atom. The second-order valence-corrected chi connectivity index (χ2v) is 4.88. The molecule has 3 nitrogen and oxygen atoms in total.